The van der Waals surface area contributed by atoms with Crippen molar-refractivity contribution >= 4 is 17.0 Å². The lowest BCUT2D eigenvalue weighted by Crippen LogP contribution is -2.47. The summed E-state index contributed by atoms with van der Waals surface area (Å²) in [6, 6.07) is 6.71. The van der Waals surface area contributed by atoms with Crippen molar-refractivity contribution in [3.05, 3.63) is 46.4 Å². The van der Waals surface area contributed by atoms with E-state index in [9.17, 15) is 14.7 Å². The molecule has 3 aromatic rings. The normalized spacial score (nSPS) is 14.1. The molecule has 37 heavy (non-hydrogen) atoms. The minimum Gasteiger partial charge on any atom is -0.492 e. The summed E-state index contributed by atoms with van der Waals surface area (Å²) in [6.45, 7) is 10.0. The number of nitrogens with zero attached hydrogens (tertiary/aromatic N) is 3. The van der Waals surface area contributed by atoms with E-state index < -0.39 is 18.1 Å². The number of pyridine rings is 1. The first kappa shape index (κ1) is 28.4. The number of ether oxygens (including phenoxy) is 3. The Kier molecular flexibility index (Phi) is 9.47. The second kappa shape index (κ2) is 12.4. The SMILES string of the molecule is COC[C@H](C)n1c(-c2cc(C)c(=O)n(C)c2)nc2cc(OCCNC(C(=O)OC(C)C)C(C)O)ccc21. The molecule has 10 nitrogen and oxygen atoms in total. The fourth-order valence-corrected chi connectivity index (χ4v) is 4.27. The molecule has 0 fully saturated rings. The van der Waals surface area contributed by atoms with E-state index in [0.717, 1.165) is 22.4 Å². The van der Waals surface area contributed by atoms with Crippen molar-refractivity contribution < 1.29 is 24.1 Å². The van der Waals surface area contributed by atoms with E-state index in [0.29, 0.717) is 24.5 Å². The highest BCUT2D eigenvalue weighted by atomic mass is 16.5. The largest absolute Gasteiger partial charge is 0.492 e. The van der Waals surface area contributed by atoms with Crippen molar-refractivity contribution in [3.8, 4) is 17.1 Å². The molecule has 0 bridgehead atoms. The highest BCUT2D eigenvalue weighted by molar-refractivity contribution is 5.82. The molecule has 2 aromatic heterocycles. The van der Waals surface area contributed by atoms with Crippen LogP contribution in [0.2, 0.25) is 0 Å². The van der Waals surface area contributed by atoms with Gasteiger partial charge in [0.2, 0.25) is 0 Å². The Balaban J connectivity index is 1.82. The lowest BCUT2D eigenvalue weighted by Gasteiger charge is -2.21. The topological polar surface area (TPSA) is 117 Å². The van der Waals surface area contributed by atoms with Crippen molar-refractivity contribution in [2.24, 2.45) is 7.05 Å². The van der Waals surface area contributed by atoms with E-state index in [-0.39, 0.29) is 24.3 Å². The molecule has 0 saturated carbocycles. The molecule has 0 radical (unpaired) electrons. The first-order valence-electron chi connectivity index (χ1n) is 12.5. The lowest BCUT2D eigenvalue weighted by molar-refractivity contribution is -0.152. The third-order valence-electron chi connectivity index (χ3n) is 5.95. The van der Waals surface area contributed by atoms with Crippen LogP contribution in [0.25, 0.3) is 22.4 Å². The number of hydrogen-bond donors (Lipinski definition) is 2. The molecule has 0 aliphatic carbocycles. The fourth-order valence-electron chi connectivity index (χ4n) is 4.27. The maximum atomic E-state index is 12.2. The van der Waals surface area contributed by atoms with Gasteiger partial charge < -0.3 is 28.5 Å². The predicted molar refractivity (Wildman–Crippen MR) is 142 cm³/mol. The molecule has 0 spiro atoms. The number of aromatic nitrogens is 3. The first-order chi connectivity index (χ1) is 17.5. The molecule has 0 saturated heterocycles. The van der Waals surface area contributed by atoms with Gasteiger partial charge in [-0.25, -0.2) is 4.98 Å². The lowest BCUT2D eigenvalue weighted by atomic mass is 10.2. The number of benzene rings is 1. The van der Waals surface area contributed by atoms with Gasteiger partial charge in [0.1, 0.15) is 24.2 Å². The summed E-state index contributed by atoms with van der Waals surface area (Å²) in [7, 11) is 3.39. The van der Waals surface area contributed by atoms with Gasteiger partial charge >= 0.3 is 5.97 Å². The molecule has 2 heterocycles. The Morgan fingerprint density at radius 2 is 1.92 bits per heavy atom. The van der Waals surface area contributed by atoms with E-state index in [1.54, 1.807) is 52.6 Å². The van der Waals surface area contributed by atoms with Gasteiger partial charge in [0.15, 0.2) is 0 Å². The van der Waals surface area contributed by atoms with Gasteiger partial charge in [-0.2, -0.15) is 0 Å². The van der Waals surface area contributed by atoms with Crippen LogP contribution in [0.5, 0.6) is 5.75 Å². The van der Waals surface area contributed by atoms with Crippen LogP contribution in [-0.2, 0) is 21.3 Å². The average Bonchev–Trinajstić information content (AvgIpc) is 3.20. The average molecular weight is 515 g/mol. The molecule has 2 unspecified atom stereocenters. The molecule has 0 aliphatic rings. The Morgan fingerprint density at radius 3 is 2.54 bits per heavy atom. The zero-order valence-corrected chi connectivity index (χ0v) is 22.6. The van der Waals surface area contributed by atoms with Gasteiger partial charge in [0.25, 0.3) is 5.56 Å². The minimum atomic E-state index is -0.903. The quantitative estimate of drug-likeness (QED) is 0.280. The van der Waals surface area contributed by atoms with E-state index in [1.807, 2.05) is 24.3 Å². The third kappa shape index (κ3) is 6.76. The summed E-state index contributed by atoms with van der Waals surface area (Å²) in [6.07, 6.45) is 0.623. The van der Waals surface area contributed by atoms with Gasteiger partial charge in [0, 0.05) is 44.1 Å². The van der Waals surface area contributed by atoms with Gasteiger partial charge in [-0.05, 0) is 52.8 Å². The number of rotatable bonds is 12. The molecular weight excluding hydrogens is 476 g/mol. The number of aliphatic hydroxyl groups excluding tert-OH is 1. The monoisotopic (exact) mass is 514 g/mol. The smallest absolute Gasteiger partial charge is 0.326 e. The zero-order chi connectivity index (χ0) is 27.3. The van der Waals surface area contributed by atoms with Crippen LogP contribution in [-0.4, -0.2) is 70.3 Å². The number of aliphatic hydroxyl groups is 1. The molecule has 10 heteroatoms. The second-order valence-corrected chi connectivity index (χ2v) is 9.59. The van der Waals surface area contributed by atoms with E-state index in [1.165, 1.54) is 0 Å². The molecule has 3 rings (SSSR count). The molecular formula is C27H38N4O6. The fraction of sp³-hybridized carbons (Fsp3) is 0.519. The highest BCUT2D eigenvalue weighted by Gasteiger charge is 2.25. The van der Waals surface area contributed by atoms with E-state index in [2.05, 4.69) is 16.8 Å². The number of methoxy groups -OCH3 is 1. The highest BCUT2D eigenvalue weighted by Crippen LogP contribution is 2.30. The number of carbonyl (C=O) groups excluding carboxylic acids is 1. The molecule has 3 atom stereocenters. The summed E-state index contributed by atoms with van der Waals surface area (Å²) < 4.78 is 20.2. The summed E-state index contributed by atoms with van der Waals surface area (Å²) in [5.74, 6) is 0.865. The molecule has 202 valence electrons. The first-order valence-corrected chi connectivity index (χ1v) is 12.5. The Hall–Kier alpha value is -3.21. The van der Waals surface area contributed by atoms with Crippen molar-refractivity contribution in [1.82, 2.24) is 19.4 Å². The van der Waals surface area contributed by atoms with Crippen molar-refractivity contribution in [2.75, 3.05) is 26.9 Å². The zero-order valence-electron chi connectivity index (χ0n) is 22.6. The molecule has 2 N–H and O–H groups in total. The summed E-state index contributed by atoms with van der Waals surface area (Å²) >= 11 is 0. The van der Waals surface area contributed by atoms with Crippen LogP contribution in [0.3, 0.4) is 0 Å². The van der Waals surface area contributed by atoms with Crippen molar-refractivity contribution in [3.63, 3.8) is 0 Å². The number of hydrogen-bond acceptors (Lipinski definition) is 8. The second-order valence-electron chi connectivity index (χ2n) is 9.59. The summed E-state index contributed by atoms with van der Waals surface area (Å²) in [5.41, 5.74) is 3.10. The van der Waals surface area contributed by atoms with E-state index in [4.69, 9.17) is 19.2 Å². The Labute approximate surface area is 217 Å². The van der Waals surface area contributed by atoms with Crippen LogP contribution in [0.15, 0.2) is 35.3 Å². The van der Waals surface area contributed by atoms with Gasteiger partial charge in [-0.15, -0.1) is 0 Å². The number of carbonyl (C=O) groups is 1. The summed E-state index contributed by atoms with van der Waals surface area (Å²) in [5, 5.41) is 12.9. The van der Waals surface area contributed by atoms with Crippen LogP contribution < -0.4 is 15.6 Å². The van der Waals surface area contributed by atoms with E-state index >= 15 is 0 Å². The summed E-state index contributed by atoms with van der Waals surface area (Å²) in [4.78, 5) is 29.3. The predicted octanol–water partition coefficient (Wildman–Crippen LogP) is 2.59. The van der Waals surface area contributed by atoms with Gasteiger partial charge in [0.05, 0.1) is 35.9 Å². The third-order valence-corrected chi connectivity index (χ3v) is 5.95. The number of nitrogens with one attached hydrogen (secondary N) is 1. The van der Waals surface area contributed by atoms with Crippen LogP contribution in [0, 0.1) is 6.92 Å². The van der Waals surface area contributed by atoms with Gasteiger partial charge in [-0.1, -0.05) is 0 Å². The standard InChI is InChI=1S/C27H38N4O6/c1-16(2)37-27(34)24(19(5)32)28-10-11-36-21-8-9-23-22(13-21)29-25(31(23)18(4)15-35-7)20-12-17(3)26(33)30(6)14-20/h8-9,12-14,16,18-19,24,28,32H,10-11,15H2,1-7H3/t18-,19?,24?/m0/s1. The number of aryl methyl sites for hydroxylation is 2. The number of imidazole rings is 1. The maximum Gasteiger partial charge on any atom is 0.326 e. The molecule has 0 aliphatic heterocycles. The van der Waals surface area contributed by atoms with Crippen LogP contribution in [0.1, 0.15) is 39.3 Å². The van der Waals surface area contributed by atoms with Gasteiger partial charge in [-0.3, -0.25) is 14.9 Å². The van der Waals surface area contributed by atoms with Crippen LogP contribution in [0.4, 0.5) is 0 Å². The number of fused-ring (bicyclic) bond motifs is 1. The van der Waals surface area contributed by atoms with Crippen molar-refractivity contribution in [1.29, 1.82) is 0 Å². The molecule has 0 amide bonds. The van der Waals surface area contributed by atoms with Crippen molar-refractivity contribution in [2.45, 2.75) is 58.9 Å². The number of esters is 1. The molecule has 1 aromatic carbocycles. The Morgan fingerprint density at radius 1 is 1.19 bits per heavy atom. The minimum absolute atomic E-state index is 0.00140. The maximum absolute atomic E-state index is 12.2. The Bertz CT molecular complexity index is 1250. The van der Waals surface area contributed by atoms with Crippen LogP contribution >= 0.6 is 0 Å².